The smallest absolute Gasteiger partial charge is 0.259 e. The van der Waals surface area contributed by atoms with Crippen molar-refractivity contribution in [1.29, 1.82) is 0 Å². The molecule has 0 radical (unpaired) electrons. The molecule has 0 unspecified atom stereocenters. The van der Waals surface area contributed by atoms with Crippen molar-refractivity contribution in [2.24, 2.45) is 5.10 Å². The Morgan fingerprint density at radius 3 is 2.44 bits per heavy atom. The van der Waals surface area contributed by atoms with Crippen molar-refractivity contribution in [3.63, 3.8) is 0 Å². The highest BCUT2D eigenvalue weighted by Crippen LogP contribution is 2.18. The van der Waals surface area contributed by atoms with Crippen LogP contribution in [0.1, 0.15) is 15.9 Å². The zero-order chi connectivity index (χ0) is 17.5. The van der Waals surface area contributed by atoms with E-state index in [1.165, 1.54) is 0 Å². The summed E-state index contributed by atoms with van der Waals surface area (Å²) in [6.45, 7) is -0.145. The van der Waals surface area contributed by atoms with Crippen LogP contribution in [0.4, 0.5) is 0 Å². The van der Waals surface area contributed by atoms with Crippen LogP contribution in [0.2, 0.25) is 0 Å². The lowest BCUT2D eigenvalue weighted by Crippen LogP contribution is -2.35. The van der Waals surface area contributed by atoms with Crippen molar-refractivity contribution < 1.29 is 9.59 Å². The first-order valence-electron chi connectivity index (χ1n) is 7.87. The van der Waals surface area contributed by atoms with Gasteiger partial charge in [0.2, 0.25) is 0 Å². The van der Waals surface area contributed by atoms with E-state index in [1.807, 2.05) is 66.7 Å². The van der Waals surface area contributed by atoms with Gasteiger partial charge in [-0.2, -0.15) is 5.10 Å². The molecule has 0 saturated carbocycles. The highest BCUT2D eigenvalue weighted by atomic mass is 16.2. The van der Waals surface area contributed by atoms with Crippen LogP contribution >= 0.6 is 0 Å². The van der Waals surface area contributed by atoms with Crippen molar-refractivity contribution in [3.8, 4) is 0 Å². The first-order chi connectivity index (χ1) is 12.2. The van der Waals surface area contributed by atoms with Crippen molar-refractivity contribution >= 4 is 28.8 Å². The Morgan fingerprint density at radius 2 is 1.60 bits per heavy atom. The fraction of sp³-hybridized carbons (Fsp3) is 0.0500. The van der Waals surface area contributed by atoms with E-state index < -0.39 is 0 Å². The quantitative estimate of drug-likeness (QED) is 0.557. The fourth-order valence-electron chi connectivity index (χ4n) is 2.44. The van der Waals surface area contributed by atoms with Crippen LogP contribution in [0, 0.1) is 0 Å². The molecular formula is C20H17N3O2. The third-order valence-electron chi connectivity index (χ3n) is 3.65. The van der Waals surface area contributed by atoms with E-state index in [1.54, 1.807) is 12.3 Å². The maximum Gasteiger partial charge on any atom is 0.259 e. The molecule has 0 atom stereocenters. The second-order valence-electron chi connectivity index (χ2n) is 5.41. The van der Waals surface area contributed by atoms with E-state index >= 15 is 0 Å². The zero-order valence-corrected chi connectivity index (χ0v) is 13.5. The number of rotatable bonds is 5. The third-order valence-corrected chi connectivity index (χ3v) is 3.65. The Labute approximate surface area is 145 Å². The molecule has 0 aliphatic rings. The van der Waals surface area contributed by atoms with E-state index in [0.717, 1.165) is 16.3 Å². The zero-order valence-electron chi connectivity index (χ0n) is 13.5. The lowest BCUT2D eigenvalue weighted by Gasteiger charge is -2.07. The number of nitrogens with zero attached hydrogens (tertiary/aromatic N) is 1. The Kier molecular flexibility index (Phi) is 5.16. The minimum atomic E-state index is -0.388. The number of carbonyl (C=O) groups excluding carboxylic acids is 2. The van der Waals surface area contributed by atoms with E-state index in [-0.39, 0.29) is 18.4 Å². The molecule has 2 amide bonds. The van der Waals surface area contributed by atoms with E-state index in [0.29, 0.717) is 5.56 Å². The number of carbonyl (C=O) groups is 2. The van der Waals surface area contributed by atoms with Crippen molar-refractivity contribution in [2.75, 3.05) is 6.54 Å². The van der Waals surface area contributed by atoms with Crippen molar-refractivity contribution in [1.82, 2.24) is 10.7 Å². The predicted molar refractivity (Wildman–Crippen MR) is 98.5 cm³/mol. The Balaban J connectivity index is 1.56. The van der Waals surface area contributed by atoms with Gasteiger partial charge in [0.15, 0.2) is 0 Å². The number of benzene rings is 3. The first kappa shape index (κ1) is 16.4. The molecule has 5 heteroatoms. The number of fused-ring (bicyclic) bond motifs is 1. The molecule has 0 saturated heterocycles. The minimum Gasteiger partial charge on any atom is -0.343 e. The molecule has 0 bridgehead atoms. The molecule has 2 N–H and O–H groups in total. The van der Waals surface area contributed by atoms with Crippen LogP contribution in [0.5, 0.6) is 0 Å². The van der Waals surface area contributed by atoms with Crippen molar-refractivity contribution in [3.05, 3.63) is 83.9 Å². The first-order valence-corrected chi connectivity index (χ1v) is 7.87. The topological polar surface area (TPSA) is 70.6 Å². The van der Waals surface area contributed by atoms with Crippen LogP contribution in [-0.2, 0) is 4.79 Å². The molecule has 25 heavy (non-hydrogen) atoms. The largest absolute Gasteiger partial charge is 0.343 e. The summed E-state index contributed by atoms with van der Waals surface area (Å²) < 4.78 is 0. The average molecular weight is 331 g/mol. The van der Waals surface area contributed by atoms with E-state index in [4.69, 9.17) is 0 Å². The SMILES string of the molecule is O=C(CNC(=O)c1cccc2ccccc12)N/N=C/c1ccccc1. The number of hydrogen-bond acceptors (Lipinski definition) is 3. The average Bonchev–Trinajstić information content (AvgIpc) is 2.66. The Morgan fingerprint density at radius 1 is 0.880 bits per heavy atom. The van der Waals surface area contributed by atoms with Gasteiger partial charge in [0.25, 0.3) is 11.8 Å². The molecule has 3 aromatic rings. The molecule has 0 fully saturated rings. The normalized spacial score (nSPS) is 10.7. The number of nitrogens with one attached hydrogen (secondary N) is 2. The molecule has 3 aromatic carbocycles. The molecule has 124 valence electrons. The molecule has 0 aliphatic heterocycles. The standard InChI is InChI=1S/C20H17N3O2/c24-19(23-22-13-15-7-2-1-3-8-15)14-21-20(25)18-12-6-10-16-9-4-5-11-17(16)18/h1-13H,14H2,(H,21,25)(H,23,24)/b22-13+. The second kappa shape index (κ2) is 7.88. The molecule has 0 spiro atoms. The van der Waals surface area contributed by atoms with Crippen LogP contribution < -0.4 is 10.7 Å². The second-order valence-corrected chi connectivity index (χ2v) is 5.41. The van der Waals surface area contributed by atoms with Crippen LogP contribution in [0.25, 0.3) is 10.8 Å². The Bertz CT molecular complexity index is 915. The van der Waals surface area contributed by atoms with Crippen LogP contribution in [0.3, 0.4) is 0 Å². The summed E-state index contributed by atoms with van der Waals surface area (Å²) in [6.07, 6.45) is 1.55. The number of amides is 2. The molecule has 3 rings (SSSR count). The van der Waals surface area contributed by atoms with E-state index in [9.17, 15) is 9.59 Å². The summed E-state index contributed by atoms with van der Waals surface area (Å²) >= 11 is 0. The molecule has 0 aliphatic carbocycles. The van der Waals surface area contributed by atoms with Gasteiger partial charge in [0.1, 0.15) is 0 Å². The maximum atomic E-state index is 12.3. The van der Waals surface area contributed by atoms with Gasteiger partial charge >= 0.3 is 0 Å². The van der Waals surface area contributed by atoms with Gasteiger partial charge in [-0.1, -0.05) is 66.7 Å². The lowest BCUT2D eigenvalue weighted by atomic mass is 10.0. The third kappa shape index (κ3) is 4.29. The maximum absolute atomic E-state index is 12.3. The van der Waals surface area contributed by atoms with Gasteiger partial charge in [-0.15, -0.1) is 0 Å². The highest BCUT2D eigenvalue weighted by molar-refractivity contribution is 6.07. The van der Waals surface area contributed by atoms with Gasteiger partial charge in [-0.3, -0.25) is 9.59 Å². The summed E-state index contributed by atoms with van der Waals surface area (Å²) in [5.41, 5.74) is 3.81. The molecule has 0 heterocycles. The fourth-order valence-corrected chi connectivity index (χ4v) is 2.44. The predicted octanol–water partition coefficient (Wildman–Crippen LogP) is 2.72. The van der Waals surface area contributed by atoms with Gasteiger partial charge < -0.3 is 5.32 Å². The van der Waals surface area contributed by atoms with E-state index in [2.05, 4.69) is 15.8 Å². The summed E-state index contributed by atoms with van der Waals surface area (Å²) in [5.74, 6) is -0.681. The Hall–Kier alpha value is -3.47. The monoisotopic (exact) mass is 331 g/mol. The summed E-state index contributed by atoms with van der Waals surface area (Å²) in [5, 5.41) is 8.31. The number of hydrazone groups is 1. The van der Waals surface area contributed by atoms with Crippen LogP contribution in [0.15, 0.2) is 77.9 Å². The van der Waals surface area contributed by atoms with Gasteiger partial charge in [0.05, 0.1) is 12.8 Å². The summed E-state index contributed by atoms with van der Waals surface area (Å²) in [7, 11) is 0. The van der Waals surface area contributed by atoms with Gasteiger partial charge in [-0.25, -0.2) is 5.43 Å². The van der Waals surface area contributed by atoms with Gasteiger partial charge in [-0.05, 0) is 22.4 Å². The van der Waals surface area contributed by atoms with Gasteiger partial charge in [0, 0.05) is 5.56 Å². The number of hydrogen-bond donors (Lipinski definition) is 2. The highest BCUT2D eigenvalue weighted by Gasteiger charge is 2.10. The van der Waals surface area contributed by atoms with Crippen molar-refractivity contribution in [2.45, 2.75) is 0 Å². The summed E-state index contributed by atoms with van der Waals surface area (Å²) in [4.78, 5) is 24.1. The lowest BCUT2D eigenvalue weighted by molar-refractivity contribution is -0.120. The van der Waals surface area contributed by atoms with Crippen LogP contribution in [-0.4, -0.2) is 24.6 Å². The summed E-state index contributed by atoms with van der Waals surface area (Å²) in [6, 6.07) is 22.5. The molecular weight excluding hydrogens is 314 g/mol. The minimum absolute atomic E-state index is 0.145. The molecule has 0 aromatic heterocycles. The molecule has 5 nitrogen and oxygen atoms in total.